The first-order valence-corrected chi connectivity index (χ1v) is 5.88. The van der Waals surface area contributed by atoms with Crippen LogP contribution in [-0.2, 0) is 6.42 Å². The molecular weight excluding hydrogens is 226 g/mol. The molecular formula is C11H11NO3S. The topological polar surface area (TPSA) is 70.2 Å². The number of aromatic amines is 1. The van der Waals surface area contributed by atoms with Crippen molar-refractivity contribution in [2.24, 2.45) is 0 Å². The predicted molar refractivity (Wildman–Crippen MR) is 63.4 cm³/mol. The van der Waals surface area contributed by atoms with Gasteiger partial charge in [-0.2, -0.15) is 0 Å². The van der Waals surface area contributed by atoms with Crippen molar-refractivity contribution in [1.29, 1.82) is 0 Å². The summed E-state index contributed by atoms with van der Waals surface area (Å²) in [5.74, 6) is -1.00. The number of nitrogens with one attached hydrogen (secondary N) is 1. The number of H-pyrrole nitrogens is 1. The maximum absolute atomic E-state index is 11.4. The zero-order chi connectivity index (χ0) is 11.7. The molecule has 2 heterocycles. The molecule has 0 unspecified atom stereocenters. The summed E-state index contributed by atoms with van der Waals surface area (Å²) in [6, 6.07) is 1.55. The number of carboxylic acid groups (broad SMARTS) is 1. The molecule has 0 saturated heterocycles. The van der Waals surface area contributed by atoms with E-state index in [0.717, 1.165) is 23.1 Å². The average Bonchev–Trinajstić information content (AvgIpc) is 2.61. The normalized spacial score (nSPS) is 10.8. The van der Waals surface area contributed by atoms with E-state index in [4.69, 9.17) is 5.11 Å². The molecule has 0 amide bonds. The lowest BCUT2D eigenvalue weighted by atomic mass is 10.1. The first-order valence-electron chi connectivity index (χ1n) is 5.00. The smallest absolute Gasteiger partial charge is 0.338 e. The molecule has 0 bridgehead atoms. The van der Waals surface area contributed by atoms with Crippen LogP contribution in [0, 0.1) is 0 Å². The van der Waals surface area contributed by atoms with E-state index in [1.807, 2.05) is 6.92 Å². The molecule has 0 fully saturated rings. The third-order valence-electron chi connectivity index (χ3n) is 2.39. The van der Waals surface area contributed by atoms with Crippen LogP contribution in [0.3, 0.4) is 0 Å². The minimum absolute atomic E-state index is 0.176. The minimum Gasteiger partial charge on any atom is -0.478 e. The summed E-state index contributed by atoms with van der Waals surface area (Å²) in [6.07, 6.45) is 1.72. The first kappa shape index (κ1) is 10.9. The maximum Gasteiger partial charge on any atom is 0.338 e. The van der Waals surface area contributed by atoms with Gasteiger partial charge >= 0.3 is 5.97 Å². The summed E-state index contributed by atoms with van der Waals surface area (Å²) >= 11 is 1.37. The minimum atomic E-state index is -1.00. The van der Waals surface area contributed by atoms with Gasteiger partial charge in [0.2, 0.25) is 5.56 Å². The van der Waals surface area contributed by atoms with Gasteiger partial charge in [-0.25, -0.2) is 4.79 Å². The van der Waals surface area contributed by atoms with Gasteiger partial charge in [0.05, 0.1) is 15.8 Å². The van der Waals surface area contributed by atoms with Crippen molar-refractivity contribution in [1.82, 2.24) is 4.98 Å². The highest BCUT2D eigenvalue weighted by molar-refractivity contribution is 7.17. The van der Waals surface area contributed by atoms with Crippen LogP contribution < -0.4 is 5.56 Å². The highest BCUT2D eigenvalue weighted by Gasteiger charge is 2.14. The maximum atomic E-state index is 11.4. The van der Waals surface area contributed by atoms with Gasteiger partial charge in [0.15, 0.2) is 0 Å². The lowest BCUT2D eigenvalue weighted by Gasteiger charge is -2.00. The van der Waals surface area contributed by atoms with Crippen LogP contribution >= 0.6 is 11.3 Å². The molecule has 16 heavy (non-hydrogen) atoms. The van der Waals surface area contributed by atoms with Crippen LogP contribution in [0.4, 0.5) is 0 Å². The van der Waals surface area contributed by atoms with Gasteiger partial charge in [0.1, 0.15) is 0 Å². The SMILES string of the molecule is CCCc1cc(=O)[nH]c2c(C(=O)O)csc12. The number of thiophene rings is 1. The number of pyridine rings is 1. The largest absolute Gasteiger partial charge is 0.478 e. The Morgan fingerprint density at radius 2 is 2.31 bits per heavy atom. The van der Waals surface area contributed by atoms with E-state index < -0.39 is 5.97 Å². The fraction of sp³-hybridized carbons (Fsp3) is 0.273. The molecule has 2 aromatic heterocycles. The number of hydrogen-bond donors (Lipinski definition) is 2. The molecule has 0 spiro atoms. The Hall–Kier alpha value is -1.62. The second kappa shape index (κ2) is 4.09. The number of rotatable bonds is 3. The van der Waals surface area contributed by atoms with Crippen LogP contribution in [0.25, 0.3) is 10.2 Å². The van der Waals surface area contributed by atoms with Crippen molar-refractivity contribution >= 4 is 27.5 Å². The summed E-state index contributed by atoms with van der Waals surface area (Å²) in [7, 11) is 0. The quantitative estimate of drug-likeness (QED) is 0.860. The van der Waals surface area contributed by atoms with Gasteiger partial charge in [0, 0.05) is 11.4 Å². The third-order valence-corrected chi connectivity index (χ3v) is 3.44. The third kappa shape index (κ3) is 1.74. The molecule has 4 nitrogen and oxygen atoms in total. The van der Waals surface area contributed by atoms with Gasteiger partial charge in [-0.05, 0) is 12.0 Å². The van der Waals surface area contributed by atoms with Crippen LogP contribution in [-0.4, -0.2) is 16.1 Å². The molecule has 0 aliphatic heterocycles. The lowest BCUT2D eigenvalue weighted by molar-refractivity contribution is 0.0699. The van der Waals surface area contributed by atoms with Gasteiger partial charge in [-0.3, -0.25) is 4.79 Å². The Kier molecular flexibility index (Phi) is 2.78. The van der Waals surface area contributed by atoms with Gasteiger partial charge in [-0.15, -0.1) is 11.3 Å². The van der Waals surface area contributed by atoms with Gasteiger partial charge in [0.25, 0.3) is 0 Å². The van der Waals surface area contributed by atoms with E-state index in [1.54, 1.807) is 11.4 Å². The number of fused-ring (bicyclic) bond motifs is 1. The fourth-order valence-corrected chi connectivity index (χ4v) is 2.76. The van der Waals surface area contributed by atoms with Crippen molar-refractivity contribution in [2.75, 3.05) is 0 Å². The zero-order valence-electron chi connectivity index (χ0n) is 8.74. The molecule has 2 aromatic rings. The van der Waals surface area contributed by atoms with Crippen LogP contribution in [0.1, 0.15) is 29.3 Å². The summed E-state index contributed by atoms with van der Waals surface area (Å²) in [5, 5.41) is 10.5. The monoisotopic (exact) mass is 237 g/mol. The number of carbonyl (C=O) groups is 1. The number of hydrogen-bond acceptors (Lipinski definition) is 3. The van der Waals surface area contributed by atoms with Crippen LogP contribution in [0.5, 0.6) is 0 Å². The summed E-state index contributed by atoms with van der Waals surface area (Å²) < 4.78 is 0.874. The first-order chi connectivity index (χ1) is 7.63. The molecule has 0 radical (unpaired) electrons. The molecule has 2 N–H and O–H groups in total. The Bertz CT molecular complexity index is 597. The highest BCUT2D eigenvalue weighted by Crippen LogP contribution is 2.26. The van der Waals surface area contributed by atoms with E-state index in [-0.39, 0.29) is 11.1 Å². The molecule has 0 atom stereocenters. The second-order valence-electron chi connectivity index (χ2n) is 3.57. The van der Waals surface area contributed by atoms with Crippen molar-refractivity contribution in [3.8, 4) is 0 Å². The number of aromatic carboxylic acids is 1. The number of aromatic nitrogens is 1. The van der Waals surface area contributed by atoms with E-state index >= 15 is 0 Å². The van der Waals surface area contributed by atoms with Gasteiger partial charge < -0.3 is 10.1 Å². The molecule has 5 heteroatoms. The Morgan fingerprint density at radius 1 is 1.56 bits per heavy atom. The molecule has 0 aliphatic carbocycles. The van der Waals surface area contributed by atoms with E-state index in [1.165, 1.54) is 11.3 Å². The second-order valence-corrected chi connectivity index (χ2v) is 4.45. The van der Waals surface area contributed by atoms with E-state index in [2.05, 4.69) is 4.98 Å². The average molecular weight is 237 g/mol. The summed E-state index contributed by atoms with van der Waals surface area (Å²) in [5.41, 5.74) is 1.32. The lowest BCUT2D eigenvalue weighted by Crippen LogP contribution is -2.07. The van der Waals surface area contributed by atoms with Gasteiger partial charge in [-0.1, -0.05) is 13.3 Å². The molecule has 0 aliphatic rings. The van der Waals surface area contributed by atoms with Crippen LogP contribution in [0.15, 0.2) is 16.2 Å². The highest BCUT2D eigenvalue weighted by atomic mass is 32.1. The summed E-state index contributed by atoms with van der Waals surface area (Å²) in [6.45, 7) is 2.03. The van der Waals surface area contributed by atoms with E-state index in [0.29, 0.717) is 5.52 Å². The van der Waals surface area contributed by atoms with Crippen LogP contribution in [0.2, 0.25) is 0 Å². The zero-order valence-corrected chi connectivity index (χ0v) is 9.56. The fourth-order valence-electron chi connectivity index (χ4n) is 1.71. The van der Waals surface area contributed by atoms with E-state index in [9.17, 15) is 9.59 Å². The Labute approximate surface area is 95.6 Å². The predicted octanol–water partition coefficient (Wildman–Crippen LogP) is 2.24. The molecule has 0 saturated carbocycles. The standard InChI is InChI=1S/C11H11NO3S/c1-2-3-6-4-8(13)12-9-7(11(14)15)5-16-10(6)9/h4-5H,2-3H2,1H3,(H,12,13)(H,14,15). The number of carboxylic acids is 1. The molecule has 2 rings (SSSR count). The van der Waals surface area contributed by atoms with Crippen molar-refractivity contribution in [2.45, 2.75) is 19.8 Å². The molecule has 0 aromatic carbocycles. The molecule has 84 valence electrons. The van der Waals surface area contributed by atoms with Crippen molar-refractivity contribution < 1.29 is 9.90 Å². The Balaban J connectivity index is 2.75. The number of aryl methyl sites for hydroxylation is 1. The van der Waals surface area contributed by atoms with Crippen molar-refractivity contribution in [3.05, 3.63) is 32.9 Å². The van der Waals surface area contributed by atoms with Crippen molar-refractivity contribution in [3.63, 3.8) is 0 Å². The Morgan fingerprint density at radius 3 is 2.94 bits per heavy atom. The summed E-state index contributed by atoms with van der Waals surface area (Å²) in [4.78, 5) is 24.9.